The molecule has 0 aromatic carbocycles. The van der Waals surface area contributed by atoms with E-state index in [2.05, 4.69) is 38.5 Å². The molecule has 11 heteroatoms. The molecule has 1 saturated heterocycles. The number of aliphatic hydroxyl groups is 1. The Morgan fingerprint density at radius 2 is 2.08 bits per heavy atom. The number of amides is 1. The number of anilines is 1. The number of aromatic nitrogens is 4. The smallest absolute Gasteiger partial charge is 0.223 e. The van der Waals surface area contributed by atoms with Crippen molar-refractivity contribution in [3.8, 4) is 5.82 Å². The Balaban J connectivity index is 1.21. The molecular weight excluding hydrogens is 499 g/mol. The summed E-state index contributed by atoms with van der Waals surface area (Å²) >= 11 is 0. The molecule has 2 aliphatic rings. The van der Waals surface area contributed by atoms with E-state index in [1.165, 1.54) is 10.9 Å². The highest BCUT2D eigenvalue weighted by Crippen LogP contribution is 2.43. The summed E-state index contributed by atoms with van der Waals surface area (Å²) in [5.74, 6) is 0.499. The minimum Gasteiger partial charge on any atom is -0.384 e. The third-order valence-electron chi connectivity index (χ3n) is 7.83. The summed E-state index contributed by atoms with van der Waals surface area (Å²) < 4.78 is 14.6. The van der Waals surface area contributed by atoms with E-state index in [9.17, 15) is 14.3 Å². The van der Waals surface area contributed by atoms with Gasteiger partial charge >= 0.3 is 0 Å². The zero-order valence-corrected chi connectivity index (χ0v) is 22.8. The van der Waals surface area contributed by atoms with Gasteiger partial charge in [0, 0.05) is 18.2 Å². The number of rotatable bonds is 7. The van der Waals surface area contributed by atoms with E-state index in [1.54, 1.807) is 12.3 Å². The first-order valence-corrected chi connectivity index (χ1v) is 13.6. The van der Waals surface area contributed by atoms with E-state index >= 15 is 0 Å². The highest BCUT2D eigenvalue weighted by Gasteiger charge is 2.42. The van der Waals surface area contributed by atoms with Gasteiger partial charge in [-0.1, -0.05) is 13.0 Å². The standard InChI is InChI=1S/C28H37FN8O2/c1-16-9-23(33-24(10-16)34-25-11-18(3)35-36-25)28(39)8-7-22(17(2)12-28)27(38)32-19(4)20-5-6-26(30-13-20)37-15-21(29)14-31-37/h5-6,9-10,13-15,17-19,22,25,35-36,39H,7-8,11-12H2,1-4H3,(H,32,38)(H,33,34)/t17-,18?,19+,22+,25?,28-/m1/s1. The lowest BCUT2D eigenvalue weighted by molar-refractivity contribution is -0.132. The van der Waals surface area contributed by atoms with E-state index in [0.29, 0.717) is 36.8 Å². The number of carbonyl (C=O) groups excluding carboxylic acids is 1. The Hall–Kier alpha value is -3.41. The van der Waals surface area contributed by atoms with Crippen molar-refractivity contribution in [3.05, 3.63) is 65.5 Å². The first-order chi connectivity index (χ1) is 18.6. The molecule has 6 atom stereocenters. The van der Waals surface area contributed by atoms with Gasteiger partial charge in [-0.2, -0.15) is 5.10 Å². The number of nitrogens with one attached hydrogen (secondary N) is 4. The molecule has 1 aliphatic carbocycles. The van der Waals surface area contributed by atoms with Crippen LogP contribution in [0, 0.1) is 24.6 Å². The van der Waals surface area contributed by atoms with Crippen molar-refractivity contribution in [3.63, 3.8) is 0 Å². The molecule has 1 aliphatic heterocycles. The molecule has 0 bridgehead atoms. The maximum Gasteiger partial charge on any atom is 0.223 e. The Morgan fingerprint density at radius 1 is 1.26 bits per heavy atom. The zero-order chi connectivity index (χ0) is 27.7. The number of hydrogen-bond donors (Lipinski definition) is 5. The maximum atomic E-state index is 13.3. The van der Waals surface area contributed by atoms with Gasteiger partial charge < -0.3 is 15.7 Å². The van der Waals surface area contributed by atoms with Gasteiger partial charge in [0.1, 0.15) is 11.4 Å². The van der Waals surface area contributed by atoms with Crippen LogP contribution in [0.1, 0.15) is 69.3 Å². The van der Waals surface area contributed by atoms with Gasteiger partial charge in [0.2, 0.25) is 5.91 Å². The van der Waals surface area contributed by atoms with Gasteiger partial charge in [0.15, 0.2) is 11.6 Å². The fraction of sp³-hybridized carbons (Fsp3) is 0.500. The van der Waals surface area contributed by atoms with Gasteiger partial charge in [-0.05, 0) is 81.7 Å². The maximum absolute atomic E-state index is 13.3. The number of hydrogen-bond acceptors (Lipinski definition) is 8. The second kappa shape index (κ2) is 11.0. The van der Waals surface area contributed by atoms with E-state index in [1.807, 2.05) is 39.0 Å². The number of nitrogens with zero attached hydrogens (tertiary/aromatic N) is 4. The summed E-state index contributed by atoms with van der Waals surface area (Å²) in [6, 6.07) is 7.63. The van der Waals surface area contributed by atoms with Crippen molar-refractivity contribution in [2.24, 2.45) is 11.8 Å². The van der Waals surface area contributed by atoms with Crippen molar-refractivity contribution in [2.45, 2.75) is 77.2 Å². The van der Waals surface area contributed by atoms with Crippen LogP contribution in [0.4, 0.5) is 10.2 Å². The highest BCUT2D eigenvalue weighted by atomic mass is 19.1. The normalized spacial score (nSPS) is 27.7. The summed E-state index contributed by atoms with van der Waals surface area (Å²) in [4.78, 5) is 22.4. The molecule has 1 amide bonds. The molecule has 2 unspecified atom stereocenters. The third-order valence-corrected chi connectivity index (χ3v) is 7.83. The van der Waals surface area contributed by atoms with Crippen LogP contribution in [0.2, 0.25) is 0 Å². The van der Waals surface area contributed by atoms with Crippen LogP contribution in [0.5, 0.6) is 0 Å². The van der Waals surface area contributed by atoms with Gasteiger partial charge in [-0.25, -0.2) is 24.5 Å². The van der Waals surface area contributed by atoms with Crippen LogP contribution >= 0.6 is 0 Å². The highest BCUT2D eigenvalue weighted by molar-refractivity contribution is 5.79. The monoisotopic (exact) mass is 536 g/mol. The van der Waals surface area contributed by atoms with Gasteiger partial charge in [0.05, 0.1) is 30.3 Å². The molecule has 5 rings (SSSR count). The minimum atomic E-state index is -1.09. The summed E-state index contributed by atoms with van der Waals surface area (Å²) in [6.45, 7) is 8.04. The molecule has 0 spiro atoms. The SMILES string of the molecule is Cc1cc(NC2CC(C)NN2)nc([C@@]2(O)CC[C@H](C(=O)N[C@@H](C)c3ccc(-n4cc(F)cn4)nc3)[C@H](C)C2)c1. The lowest BCUT2D eigenvalue weighted by atomic mass is 9.70. The Kier molecular flexibility index (Phi) is 7.66. The molecule has 5 N–H and O–H groups in total. The first-order valence-electron chi connectivity index (χ1n) is 13.6. The van der Waals surface area contributed by atoms with Crippen LogP contribution in [-0.4, -0.2) is 43.0 Å². The lowest BCUT2D eigenvalue weighted by Crippen LogP contribution is -2.43. The molecule has 0 radical (unpaired) electrons. The number of pyridine rings is 2. The van der Waals surface area contributed by atoms with E-state index in [4.69, 9.17) is 4.98 Å². The van der Waals surface area contributed by atoms with Crippen LogP contribution in [0.25, 0.3) is 5.82 Å². The number of halogens is 1. The molecule has 3 aromatic rings. The Bertz CT molecular complexity index is 1320. The summed E-state index contributed by atoms with van der Waals surface area (Å²) in [6.07, 6.45) is 6.50. The van der Waals surface area contributed by atoms with E-state index < -0.39 is 11.4 Å². The van der Waals surface area contributed by atoms with E-state index in [-0.39, 0.29) is 30.0 Å². The summed E-state index contributed by atoms with van der Waals surface area (Å²) in [7, 11) is 0. The quantitative estimate of drug-likeness (QED) is 0.311. The number of carbonyl (C=O) groups is 1. The molecule has 4 heterocycles. The average Bonchev–Trinajstić information content (AvgIpc) is 3.51. The lowest BCUT2D eigenvalue weighted by Gasteiger charge is -2.39. The first kappa shape index (κ1) is 27.2. The van der Waals surface area contributed by atoms with Crippen molar-refractivity contribution in [1.29, 1.82) is 0 Å². The second-order valence-electron chi connectivity index (χ2n) is 11.2. The van der Waals surface area contributed by atoms with Gasteiger partial charge in [-0.15, -0.1) is 0 Å². The minimum absolute atomic E-state index is 0.0357. The summed E-state index contributed by atoms with van der Waals surface area (Å²) in [5.41, 5.74) is 7.83. The fourth-order valence-electron chi connectivity index (χ4n) is 5.66. The van der Waals surface area contributed by atoms with Crippen LogP contribution < -0.4 is 21.5 Å². The van der Waals surface area contributed by atoms with Crippen molar-refractivity contribution >= 4 is 11.7 Å². The topological polar surface area (TPSA) is 129 Å². The third kappa shape index (κ3) is 6.10. The Labute approximate surface area is 227 Å². The van der Waals surface area contributed by atoms with Crippen LogP contribution in [0.15, 0.2) is 42.9 Å². The predicted octanol–water partition coefficient (Wildman–Crippen LogP) is 3.24. The molecular formula is C28H37FN8O2. The van der Waals surface area contributed by atoms with Gasteiger partial charge in [-0.3, -0.25) is 10.2 Å². The van der Waals surface area contributed by atoms with E-state index in [0.717, 1.165) is 29.6 Å². The molecule has 1 saturated carbocycles. The fourth-order valence-corrected chi connectivity index (χ4v) is 5.66. The van der Waals surface area contributed by atoms with Crippen molar-refractivity contribution < 1.29 is 14.3 Å². The molecule has 208 valence electrons. The molecule has 10 nitrogen and oxygen atoms in total. The largest absolute Gasteiger partial charge is 0.384 e. The average molecular weight is 537 g/mol. The molecule has 3 aromatic heterocycles. The zero-order valence-electron chi connectivity index (χ0n) is 22.8. The van der Waals surface area contributed by atoms with Gasteiger partial charge in [0.25, 0.3) is 0 Å². The summed E-state index contributed by atoms with van der Waals surface area (Å²) in [5, 5.41) is 22.1. The Morgan fingerprint density at radius 3 is 2.72 bits per heavy atom. The molecule has 39 heavy (non-hydrogen) atoms. The van der Waals surface area contributed by atoms with Crippen LogP contribution in [-0.2, 0) is 10.4 Å². The number of aryl methyl sites for hydroxylation is 1. The predicted molar refractivity (Wildman–Crippen MR) is 145 cm³/mol. The van der Waals surface area contributed by atoms with Crippen LogP contribution in [0.3, 0.4) is 0 Å². The second-order valence-corrected chi connectivity index (χ2v) is 11.2. The van der Waals surface area contributed by atoms with Crippen molar-refractivity contribution in [1.82, 2.24) is 35.9 Å². The molecule has 2 fully saturated rings. The van der Waals surface area contributed by atoms with Crippen molar-refractivity contribution in [2.75, 3.05) is 5.32 Å². The number of hydrazine groups is 1.